The first-order valence-electron chi connectivity index (χ1n) is 7.13. The van der Waals surface area contributed by atoms with Gasteiger partial charge in [-0.15, -0.1) is 11.3 Å². The van der Waals surface area contributed by atoms with Crippen molar-refractivity contribution < 1.29 is 21.6 Å². The van der Waals surface area contributed by atoms with E-state index >= 15 is 0 Å². The van der Waals surface area contributed by atoms with Crippen molar-refractivity contribution in [2.45, 2.75) is 4.90 Å². The summed E-state index contributed by atoms with van der Waals surface area (Å²) in [5.74, 6) is -3.24. The molecule has 4 nitrogen and oxygen atoms in total. The molecule has 0 amide bonds. The smallest absolute Gasteiger partial charge is 0.263 e. The Labute approximate surface area is 179 Å². The standard InChI is InChI=1S/C16H9BrF3IN2O2S2/c17-9-6-26-7-14(9)27(24,25)23-13-4-2-10(18)15(20)16(13)22-12-3-1-8(21)5-11(12)19/h1-7,22-23H. The van der Waals surface area contributed by atoms with Crippen molar-refractivity contribution in [1.29, 1.82) is 0 Å². The molecule has 27 heavy (non-hydrogen) atoms. The van der Waals surface area contributed by atoms with Crippen LogP contribution in [0.4, 0.5) is 30.2 Å². The Kier molecular flexibility index (Phi) is 6.03. The van der Waals surface area contributed by atoms with E-state index in [1.807, 2.05) is 22.6 Å². The number of sulfonamides is 1. The fraction of sp³-hybridized carbons (Fsp3) is 0. The van der Waals surface area contributed by atoms with Crippen molar-refractivity contribution in [2.24, 2.45) is 0 Å². The number of halogens is 5. The Morgan fingerprint density at radius 3 is 2.33 bits per heavy atom. The minimum Gasteiger partial charge on any atom is -0.349 e. The van der Waals surface area contributed by atoms with Crippen LogP contribution in [0.15, 0.2) is 50.5 Å². The molecule has 1 heterocycles. The first-order chi connectivity index (χ1) is 12.7. The second-order valence-electron chi connectivity index (χ2n) is 5.22. The molecule has 0 bridgehead atoms. The van der Waals surface area contributed by atoms with Gasteiger partial charge in [0.25, 0.3) is 10.0 Å². The van der Waals surface area contributed by atoms with Gasteiger partial charge in [0.1, 0.15) is 16.4 Å². The Morgan fingerprint density at radius 1 is 1.00 bits per heavy atom. The molecule has 11 heteroatoms. The van der Waals surface area contributed by atoms with Crippen LogP contribution in [0.2, 0.25) is 0 Å². The maximum Gasteiger partial charge on any atom is 0.263 e. The van der Waals surface area contributed by atoms with Crippen LogP contribution in [0.25, 0.3) is 0 Å². The van der Waals surface area contributed by atoms with Gasteiger partial charge in [-0.1, -0.05) is 0 Å². The molecule has 0 aliphatic heterocycles. The fourth-order valence-electron chi connectivity index (χ4n) is 2.14. The van der Waals surface area contributed by atoms with E-state index in [1.54, 1.807) is 11.4 Å². The largest absolute Gasteiger partial charge is 0.349 e. The molecule has 3 aromatic rings. The summed E-state index contributed by atoms with van der Waals surface area (Å²) in [6.07, 6.45) is 0. The molecule has 2 N–H and O–H groups in total. The minimum atomic E-state index is -4.07. The average Bonchev–Trinajstić information content (AvgIpc) is 3.03. The summed E-state index contributed by atoms with van der Waals surface area (Å²) < 4.78 is 70.4. The van der Waals surface area contributed by atoms with Crippen molar-refractivity contribution in [2.75, 3.05) is 10.0 Å². The van der Waals surface area contributed by atoms with E-state index in [2.05, 4.69) is 26.0 Å². The summed E-state index contributed by atoms with van der Waals surface area (Å²) in [4.78, 5) is -0.0522. The summed E-state index contributed by atoms with van der Waals surface area (Å²) in [7, 11) is -4.07. The van der Waals surface area contributed by atoms with E-state index in [-0.39, 0.29) is 16.3 Å². The predicted molar refractivity (Wildman–Crippen MR) is 112 cm³/mol. The van der Waals surface area contributed by atoms with Crippen molar-refractivity contribution in [3.63, 3.8) is 0 Å². The molecule has 0 saturated heterocycles. The number of nitrogens with one attached hydrogen (secondary N) is 2. The summed E-state index contributed by atoms with van der Waals surface area (Å²) in [6.45, 7) is 0. The zero-order chi connectivity index (χ0) is 19.8. The molecule has 0 aliphatic carbocycles. The van der Waals surface area contributed by atoms with Gasteiger partial charge < -0.3 is 5.32 Å². The van der Waals surface area contributed by atoms with Crippen LogP contribution in [-0.4, -0.2) is 8.42 Å². The highest BCUT2D eigenvalue weighted by Crippen LogP contribution is 2.34. The number of thiophene rings is 1. The summed E-state index contributed by atoms with van der Waals surface area (Å²) >= 11 is 6.18. The van der Waals surface area contributed by atoms with Gasteiger partial charge in [-0.25, -0.2) is 21.6 Å². The van der Waals surface area contributed by atoms with Gasteiger partial charge in [0.2, 0.25) is 0 Å². The van der Waals surface area contributed by atoms with Crippen LogP contribution in [0.3, 0.4) is 0 Å². The normalized spacial score (nSPS) is 11.4. The summed E-state index contributed by atoms with van der Waals surface area (Å²) in [6, 6.07) is 5.95. The van der Waals surface area contributed by atoms with Crippen molar-refractivity contribution in [1.82, 2.24) is 0 Å². The number of hydrogen-bond acceptors (Lipinski definition) is 4. The lowest BCUT2D eigenvalue weighted by Crippen LogP contribution is -2.15. The van der Waals surface area contributed by atoms with Crippen LogP contribution in [-0.2, 0) is 10.0 Å². The molecular formula is C16H9BrF3IN2O2S2. The van der Waals surface area contributed by atoms with E-state index < -0.39 is 33.2 Å². The van der Waals surface area contributed by atoms with Gasteiger partial charge in [0, 0.05) is 18.8 Å². The Hall–Kier alpha value is -1.31. The van der Waals surface area contributed by atoms with Gasteiger partial charge in [-0.05, 0) is 68.9 Å². The number of anilines is 3. The minimum absolute atomic E-state index is 0.0522. The van der Waals surface area contributed by atoms with Crippen LogP contribution in [0, 0.1) is 21.0 Å². The van der Waals surface area contributed by atoms with E-state index in [0.29, 0.717) is 8.04 Å². The third-order valence-electron chi connectivity index (χ3n) is 3.40. The number of hydrogen-bond donors (Lipinski definition) is 2. The first kappa shape index (κ1) is 20.4. The Bertz CT molecular complexity index is 1120. The maximum atomic E-state index is 14.4. The van der Waals surface area contributed by atoms with Gasteiger partial charge >= 0.3 is 0 Å². The monoisotopic (exact) mass is 588 g/mol. The van der Waals surface area contributed by atoms with Gasteiger partial charge in [0.15, 0.2) is 11.6 Å². The number of rotatable bonds is 5. The van der Waals surface area contributed by atoms with E-state index in [4.69, 9.17) is 0 Å². The second-order valence-corrected chi connectivity index (χ2v) is 9.72. The first-order valence-corrected chi connectivity index (χ1v) is 11.4. The fourth-order valence-corrected chi connectivity index (χ4v) is 6.03. The molecule has 3 rings (SSSR count). The molecule has 0 fully saturated rings. The molecule has 0 atom stereocenters. The molecule has 0 unspecified atom stereocenters. The lowest BCUT2D eigenvalue weighted by Gasteiger charge is -2.16. The highest BCUT2D eigenvalue weighted by Gasteiger charge is 2.23. The lowest BCUT2D eigenvalue weighted by atomic mass is 10.2. The van der Waals surface area contributed by atoms with Gasteiger partial charge in [0.05, 0.1) is 11.4 Å². The Morgan fingerprint density at radius 2 is 1.70 bits per heavy atom. The zero-order valence-corrected chi connectivity index (χ0v) is 18.4. The van der Waals surface area contributed by atoms with Crippen LogP contribution in [0.5, 0.6) is 0 Å². The van der Waals surface area contributed by atoms with Crippen molar-refractivity contribution in [3.05, 3.63) is 66.6 Å². The van der Waals surface area contributed by atoms with Crippen molar-refractivity contribution in [3.8, 4) is 0 Å². The Balaban J connectivity index is 2.04. The quantitative estimate of drug-likeness (QED) is 0.355. The highest BCUT2D eigenvalue weighted by molar-refractivity contribution is 14.1. The third kappa shape index (κ3) is 4.41. The molecule has 1 aromatic heterocycles. The molecular weight excluding hydrogens is 580 g/mol. The van der Waals surface area contributed by atoms with Gasteiger partial charge in [-0.2, -0.15) is 0 Å². The predicted octanol–water partition coefficient (Wildman–Crippen LogP) is 6.08. The van der Waals surface area contributed by atoms with E-state index in [9.17, 15) is 21.6 Å². The SMILES string of the molecule is O=S(=O)(Nc1ccc(F)c(F)c1Nc1ccc(I)cc1F)c1cscc1Br. The molecule has 0 saturated carbocycles. The molecule has 0 spiro atoms. The maximum absolute atomic E-state index is 14.4. The lowest BCUT2D eigenvalue weighted by molar-refractivity contribution is 0.512. The molecule has 2 aromatic carbocycles. The van der Waals surface area contributed by atoms with Gasteiger partial charge in [-0.3, -0.25) is 4.72 Å². The average molecular weight is 589 g/mol. The second kappa shape index (κ2) is 7.97. The number of benzene rings is 2. The third-order valence-corrected chi connectivity index (χ3v) is 7.59. The molecule has 0 aliphatic rings. The highest BCUT2D eigenvalue weighted by atomic mass is 127. The summed E-state index contributed by atoms with van der Waals surface area (Å²) in [5.41, 5.74) is -0.910. The molecule has 0 radical (unpaired) electrons. The topological polar surface area (TPSA) is 58.2 Å². The zero-order valence-electron chi connectivity index (χ0n) is 13.1. The van der Waals surface area contributed by atoms with Crippen LogP contribution < -0.4 is 10.0 Å². The van der Waals surface area contributed by atoms with Crippen LogP contribution >= 0.6 is 49.9 Å². The van der Waals surface area contributed by atoms with Crippen molar-refractivity contribution >= 4 is 76.9 Å². The van der Waals surface area contributed by atoms with E-state index in [1.165, 1.54) is 17.5 Å². The van der Waals surface area contributed by atoms with Crippen LogP contribution in [0.1, 0.15) is 0 Å². The van der Waals surface area contributed by atoms with E-state index in [0.717, 1.165) is 23.5 Å². The molecule has 142 valence electrons. The summed E-state index contributed by atoms with van der Waals surface area (Å²) in [5, 5.41) is 5.39.